The Morgan fingerprint density at radius 3 is 1.96 bits per heavy atom. The Hall–Kier alpha value is -1.79. The van der Waals surface area contributed by atoms with E-state index in [1.165, 1.54) is 32.1 Å². The lowest BCUT2D eigenvalue weighted by Gasteiger charge is -2.35. The van der Waals surface area contributed by atoms with Crippen LogP contribution in [0.15, 0.2) is 0 Å². The Kier molecular flexibility index (Phi) is 8.58. The lowest BCUT2D eigenvalue weighted by atomic mass is 9.86. The third kappa shape index (κ3) is 8.07. The first-order chi connectivity index (χ1) is 13.2. The molecule has 0 aromatic carbocycles. The lowest BCUT2D eigenvalue weighted by molar-refractivity contribution is -0.139. The topological polar surface area (TPSA) is 79.0 Å². The molecule has 0 aromatic heterocycles. The smallest absolute Gasteiger partial charge is 0.407 e. The number of hydrogen-bond acceptors (Lipinski definition) is 4. The summed E-state index contributed by atoms with van der Waals surface area (Å²) in [7, 11) is 0. The fourth-order valence-electron chi connectivity index (χ4n) is 3.91. The number of nitrogens with zero attached hydrogens (tertiary/aromatic N) is 2. The van der Waals surface area contributed by atoms with Crippen LogP contribution in [0.25, 0.3) is 0 Å². The van der Waals surface area contributed by atoms with E-state index >= 15 is 0 Å². The van der Waals surface area contributed by atoms with Crippen molar-refractivity contribution in [3.05, 3.63) is 0 Å². The van der Waals surface area contributed by atoms with Crippen LogP contribution in [0.5, 0.6) is 0 Å². The van der Waals surface area contributed by atoms with Gasteiger partial charge in [-0.3, -0.25) is 9.59 Å². The van der Waals surface area contributed by atoms with Crippen molar-refractivity contribution >= 4 is 17.9 Å². The van der Waals surface area contributed by atoms with Gasteiger partial charge in [-0.15, -0.1) is 0 Å². The Morgan fingerprint density at radius 2 is 1.43 bits per heavy atom. The molecule has 1 aliphatic carbocycles. The molecule has 7 nitrogen and oxygen atoms in total. The first-order valence-corrected chi connectivity index (χ1v) is 10.8. The van der Waals surface area contributed by atoms with Crippen LogP contribution >= 0.6 is 0 Å². The quantitative estimate of drug-likeness (QED) is 0.750. The van der Waals surface area contributed by atoms with E-state index in [4.69, 9.17) is 4.74 Å². The zero-order valence-electron chi connectivity index (χ0n) is 17.8. The van der Waals surface area contributed by atoms with E-state index in [-0.39, 0.29) is 24.8 Å². The van der Waals surface area contributed by atoms with Crippen molar-refractivity contribution in [2.24, 2.45) is 5.92 Å². The van der Waals surface area contributed by atoms with Gasteiger partial charge >= 0.3 is 6.09 Å². The molecule has 0 spiro atoms. The molecule has 0 unspecified atom stereocenters. The van der Waals surface area contributed by atoms with Gasteiger partial charge in [0.25, 0.3) is 0 Å². The largest absolute Gasteiger partial charge is 0.444 e. The van der Waals surface area contributed by atoms with Crippen LogP contribution < -0.4 is 5.32 Å². The summed E-state index contributed by atoms with van der Waals surface area (Å²) in [5.74, 6) is 0.952. The number of ether oxygens (including phenoxy) is 1. The predicted octanol–water partition coefficient (Wildman–Crippen LogP) is 2.93. The lowest BCUT2D eigenvalue weighted by Crippen LogP contribution is -2.51. The molecule has 0 radical (unpaired) electrons. The van der Waals surface area contributed by atoms with Crippen LogP contribution in [0.2, 0.25) is 0 Å². The second-order valence-electron chi connectivity index (χ2n) is 8.98. The van der Waals surface area contributed by atoms with Crippen molar-refractivity contribution in [3.8, 4) is 0 Å². The monoisotopic (exact) mass is 395 g/mol. The van der Waals surface area contributed by atoms with Crippen molar-refractivity contribution in [1.82, 2.24) is 15.1 Å². The molecule has 2 aliphatic rings. The summed E-state index contributed by atoms with van der Waals surface area (Å²) in [6, 6.07) is 0. The number of alkyl carbamates (subject to hydrolysis) is 1. The Morgan fingerprint density at radius 1 is 0.893 bits per heavy atom. The molecule has 2 fully saturated rings. The molecule has 1 N–H and O–H groups in total. The van der Waals surface area contributed by atoms with Gasteiger partial charge in [0.1, 0.15) is 5.60 Å². The van der Waals surface area contributed by atoms with Gasteiger partial charge in [-0.2, -0.15) is 0 Å². The third-order valence-electron chi connectivity index (χ3n) is 5.48. The van der Waals surface area contributed by atoms with Gasteiger partial charge in [0.15, 0.2) is 0 Å². The molecule has 7 heteroatoms. The molecule has 28 heavy (non-hydrogen) atoms. The van der Waals surface area contributed by atoms with Gasteiger partial charge < -0.3 is 19.9 Å². The molecule has 1 aliphatic heterocycles. The maximum atomic E-state index is 12.4. The summed E-state index contributed by atoms with van der Waals surface area (Å²) >= 11 is 0. The van der Waals surface area contributed by atoms with Crippen LogP contribution in [0, 0.1) is 5.92 Å². The SMILES string of the molecule is CC(C)(C)OC(=O)NCCC(=O)N1CCN(C(=O)CCC2CCCCC2)CC1. The minimum atomic E-state index is -0.548. The molecule has 2 rings (SSSR count). The van der Waals surface area contributed by atoms with E-state index in [9.17, 15) is 14.4 Å². The number of carbonyl (C=O) groups is 3. The molecule has 3 amide bonds. The van der Waals surface area contributed by atoms with Gasteiger partial charge in [-0.05, 0) is 33.1 Å². The van der Waals surface area contributed by atoms with Crippen molar-refractivity contribution in [1.29, 1.82) is 0 Å². The summed E-state index contributed by atoms with van der Waals surface area (Å²) in [5, 5.41) is 2.61. The molecular weight excluding hydrogens is 358 g/mol. The van der Waals surface area contributed by atoms with E-state index in [1.54, 1.807) is 25.7 Å². The van der Waals surface area contributed by atoms with Crippen LogP contribution in [0.3, 0.4) is 0 Å². The highest BCUT2D eigenvalue weighted by molar-refractivity contribution is 5.79. The predicted molar refractivity (Wildman–Crippen MR) is 108 cm³/mol. The molecule has 160 valence electrons. The number of hydrogen-bond donors (Lipinski definition) is 1. The first-order valence-electron chi connectivity index (χ1n) is 10.8. The van der Waals surface area contributed by atoms with Crippen molar-refractivity contribution in [2.45, 2.75) is 77.7 Å². The summed E-state index contributed by atoms with van der Waals surface area (Å²) < 4.78 is 5.15. The average Bonchev–Trinajstić information content (AvgIpc) is 2.65. The van der Waals surface area contributed by atoms with Gasteiger partial charge in [0, 0.05) is 45.6 Å². The summed E-state index contributed by atoms with van der Waals surface area (Å²) in [6.45, 7) is 8.01. The Balaban J connectivity index is 1.60. The van der Waals surface area contributed by atoms with Gasteiger partial charge in [0.05, 0.1) is 0 Å². The van der Waals surface area contributed by atoms with Crippen molar-refractivity contribution in [3.63, 3.8) is 0 Å². The van der Waals surface area contributed by atoms with Crippen LogP contribution in [0.4, 0.5) is 4.79 Å². The fourth-order valence-corrected chi connectivity index (χ4v) is 3.91. The minimum Gasteiger partial charge on any atom is -0.444 e. The summed E-state index contributed by atoms with van der Waals surface area (Å²) in [6.07, 6.45) is 7.88. The van der Waals surface area contributed by atoms with Gasteiger partial charge in [-0.25, -0.2) is 4.79 Å². The normalized spacial score (nSPS) is 18.7. The number of amides is 3. The van der Waals surface area contributed by atoms with Gasteiger partial charge in [-0.1, -0.05) is 32.1 Å². The van der Waals surface area contributed by atoms with Crippen LogP contribution in [-0.2, 0) is 14.3 Å². The standard InChI is InChI=1S/C21H37N3O4/c1-21(2,3)28-20(27)22-12-11-19(26)24-15-13-23(14-16-24)18(25)10-9-17-7-5-4-6-8-17/h17H,4-16H2,1-3H3,(H,22,27). The second kappa shape index (κ2) is 10.7. The zero-order chi connectivity index (χ0) is 20.6. The number of carbonyl (C=O) groups excluding carboxylic acids is 3. The van der Waals surface area contributed by atoms with E-state index in [0.717, 1.165) is 12.3 Å². The number of rotatable bonds is 6. The first kappa shape index (κ1) is 22.5. The molecule has 0 aromatic rings. The van der Waals surface area contributed by atoms with Crippen LogP contribution in [-0.4, -0.2) is 66.0 Å². The van der Waals surface area contributed by atoms with Gasteiger partial charge in [0.2, 0.25) is 11.8 Å². The summed E-state index contributed by atoms with van der Waals surface area (Å²) in [4.78, 5) is 40.0. The maximum absolute atomic E-state index is 12.4. The highest BCUT2D eigenvalue weighted by Gasteiger charge is 2.25. The van der Waals surface area contributed by atoms with E-state index < -0.39 is 11.7 Å². The molecule has 1 saturated carbocycles. The Labute approximate surface area is 169 Å². The zero-order valence-corrected chi connectivity index (χ0v) is 17.8. The Bertz CT molecular complexity index is 530. The summed E-state index contributed by atoms with van der Waals surface area (Å²) in [5.41, 5.74) is -0.548. The molecule has 0 atom stereocenters. The minimum absolute atomic E-state index is 0.00497. The van der Waals surface area contributed by atoms with E-state index in [0.29, 0.717) is 32.6 Å². The molecule has 1 saturated heterocycles. The average molecular weight is 396 g/mol. The highest BCUT2D eigenvalue weighted by atomic mass is 16.6. The second-order valence-corrected chi connectivity index (χ2v) is 8.98. The molecule has 1 heterocycles. The van der Waals surface area contributed by atoms with Crippen molar-refractivity contribution in [2.75, 3.05) is 32.7 Å². The highest BCUT2D eigenvalue weighted by Crippen LogP contribution is 2.27. The van der Waals surface area contributed by atoms with E-state index in [2.05, 4.69) is 5.32 Å². The van der Waals surface area contributed by atoms with Crippen molar-refractivity contribution < 1.29 is 19.1 Å². The number of piperazine rings is 1. The fraction of sp³-hybridized carbons (Fsp3) is 0.857. The maximum Gasteiger partial charge on any atom is 0.407 e. The molecular formula is C21H37N3O4. The van der Waals surface area contributed by atoms with Crippen LogP contribution in [0.1, 0.15) is 72.1 Å². The molecule has 0 bridgehead atoms. The van der Waals surface area contributed by atoms with E-state index in [1.807, 2.05) is 4.90 Å². The third-order valence-corrected chi connectivity index (χ3v) is 5.48. The number of nitrogens with one attached hydrogen (secondary N) is 1.